The molecule has 0 bridgehead atoms. The van der Waals surface area contributed by atoms with Gasteiger partial charge in [-0.05, 0) is 85.6 Å². The average Bonchev–Trinajstić information content (AvgIpc) is 2.97. The summed E-state index contributed by atoms with van der Waals surface area (Å²) in [6.07, 6.45) is 3.68. The molecule has 8 heteroatoms. The number of rotatable bonds is 9. The highest BCUT2D eigenvalue weighted by atomic mass is 16.5. The molecule has 0 amide bonds. The van der Waals surface area contributed by atoms with E-state index in [9.17, 15) is 9.59 Å². The van der Waals surface area contributed by atoms with Gasteiger partial charge in [0.15, 0.2) is 12.4 Å². The molecule has 3 aromatic carbocycles. The molecule has 0 fully saturated rings. The van der Waals surface area contributed by atoms with Crippen molar-refractivity contribution in [3.8, 4) is 23.0 Å². The molecule has 8 nitrogen and oxygen atoms in total. The van der Waals surface area contributed by atoms with Crippen molar-refractivity contribution in [2.75, 3.05) is 26.1 Å². The summed E-state index contributed by atoms with van der Waals surface area (Å²) in [6, 6.07) is 20.7. The summed E-state index contributed by atoms with van der Waals surface area (Å²) in [5.74, 6) is 1.07. The zero-order valence-electron chi connectivity index (χ0n) is 23.5. The molecule has 0 saturated carbocycles. The Labute approximate surface area is 234 Å². The van der Waals surface area contributed by atoms with E-state index in [1.807, 2.05) is 68.9 Å². The zero-order valence-corrected chi connectivity index (χ0v) is 23.5. The van der Waals surface area contributed by atoms with Gasteiger partial charge in [0.1, 0.15) is 23.0 Å². The Bertz CT molecular complexity index is 1480. The van der Waals surface area contributed by atoms with Crippen molar-refractivity contribution < 1.29 is 33.1 Å². The quantitative estimate of drug-likeness (QED) is 0.153. The van der Waals surface area contributed by atoms with Crippen LogP contribution in [0.4, 0.5) is 5.69 Å². The molecule has 0 aliphatic rings. The Morgan fingerprint density at radius 1 is 0.700 bits per heavy atom. The van der Waals surface area contributed by atoms with Crippen LogP contribution in [0.2, 0.25) is 0 Å². The van der Waals surface area contributed by atoms with Gasteiger partial charge in [0, 0.05) is 38.8 Å². The van der Waals surface area contributed by atoms with Gasteiger partial charge in [-0.2, -0.15) is 4.57 Å². The van der Waals surface area contributed by atoms with E-state index >= 15 is 0 Å². The second-order valence-electron chi connectivity index (χ2n) is 9.46. The molecule has 0 N–H and O–H groups in total. The van der Waals surface area contributed by atoms with E-state index < -0.39 is 11.9 Å². The van der Waals surface area contributed by atoms with Gasteiger partial charge in [0.25, 0.3) is 6.23 Å². The summed E-state index contributed by atoms with van der Waals surface area (Å²) in [7, 11) is 5.54. The summed E-state index contributed by atoms with van der Waals surface area (Å²) < 4.78 is 24.4. The Morgan fingerprint density at radius 2 is 1.15 bits per heavy atom. The topological polar surface area (TPSA) is 78.2 Å². The summed E-state index contributed by atoms with van der Waals surface area (Å²) in [5.41, 5.74) is 3.27. The molecular formula is C32H33N2O6+. The molecule has 40 heavy (non-hydrogen) atoms. The van der Waals surface area contributed by atoms with Crippen molar-refractivity contribution in [1.29, 1.82) is 0 Å². The number of methoxy groups -OCH3 is 1. The number of carbonyl (C=O) groups is 2. The zero-order chi connectivity index (χ0) is 28.8. The number of ether oxygens (including phenoxy) is 4. The molecule has 1 unspecified atom stereocenters. The van der Waals surface area contributed by atoms with Crippen LogP contribution in [0.5, 0.6) is 23.0 Å². The first-order valence-corrected chi connectivity index (χ1v) is 12.8. The second kappa shape index (κ2) is 12.3. The number of pyridine rings is 1. The first-order valence-electron chi connectivity index (χ1n) is 12.8. The Morgan fingerprint density at radius 3 is 1.57 bits per heavy atom. The number of benzene rings is 3. The van der Waals surface area contributed by atoms with E-state index in [1.54, 1.807) is 67.8 Å². The Kier molecular flexibility index (Phi) is 8.69. The van der Waals surface area contributed by atoms with Gasteiger partial charge in [0.2, 0.25) is 0 Å². The lowest BCUT2D eigenvalue weighted by molar-refractivity contribution is -0.749. The third kappa shape index (κ3) is 6.58. The van der Waals surface area contributed by atoms with Gasteiger partial charge in [0.05, 0.1) is 18.2 Å². The van der Waals surface area contributed by atoms with E-state index in [4.69, 9.17) is 18.9 Å². The predicted molar refractivity (Wildman–Crippen MR) is 152 cm³/mol. The molecule has 1 heterocycles. The van der Waals surface area contributed by atoms with Crippen LogP contribution < -0.4 is 28.4 Å². The van der Waals surface area contributed by atoms with Crippen LogP contribution in [0.1, 0.15) is 45.0 Å². The number of carbonyl (C=O) groups excluding carboxylic acids is 2. The van der Waals surface area contributed by atoms with E-state index in [1.165, 1.54) is 0 Å². The average molecular weight is 542 g/mol. The fourth-order valence-corrected chi connectivity index (χ4v) is 3.93. The number of anilines is 1. The Hall–Kier alpha value is -4.85. The lowest BCUT2D eigenvalue weighted by Crippen LogP contribution is -2.40. The monoisotopic (exact) mass is 541 g/mol. The third-order valence-electron chi connectivity index (χ3n) is 6.59. The molecule has 0 radical (unpaired) electrons. The van der Waals surface area contributed by atoms with Crippen LogP contribution in [0.3, 0.4) is 0 Å². The highest BCUT2D eigenvalue weighted by molar-refractivity contribution is 5.92. The molecule has 0 saturated heterocycles. The van der Waals surface area contributed by atoms with Gasteiger partial charge < -0.3 is 23.8 Å². The third-order valence-corrected chi connectivity index (χ3v) is 6.59. The molecular weight excluding hydrogens is 508 g/mol. The minimum absolute atomic E-state index is 0.239. The standard InChI is InChI=1S/C32H33N2O6/c1-21-22(2)30(16-15-29(21)39-31(35)24-7-11-27(37-6)12-8-24)40-32(36)25-9-13-28(14-10-25)38-23(3)34-19-17-26(18-20-34)33(4)5/h7-20,23H,1-6H3/q+1. The number of aromatic nitrogens is 1. The van der Waals surface area contributed by atoms with Crippen molar-refractivity contribution in [3.05, 3.63) is 107 Å². The summed E-state index contributed by atoms with van der Waals surface area (Å²) in [4.78, 5) is 27.5. The van der Waals surface area contributed by atoms with Crippen LogP contribution in [-0.4, -0.2) is 33.1 Å². The fraction of sp³-hybridized carbons (Fsp3) is 0.219. The van der Waals surface area contributed by atoms with Crippen LogP contribution >= 0.6 is 0 Å². The minimum atomic E-state index is -0.501. The smallest absolute Gasteiger partial charge is 0.343 e. The van der Waals surface area contributed by atoms with Gasteiger partial charge in [-0.15, -0.1) is 0 Å². The maximum atomic E-state index is 12.9. The predicted octanol–water partition coefficient (Wildman–Crippen LogP) is 5.70. The second-order valence-corrected chi connectivity index (χ2v) is 9.46. The van der Waals surface area contributed by atoms with E-state index in [2.05, 4.69) is 0 Å². The van der Waals surface area contributed by atoms with Crippen molar-refractivity contribution in [2.45, 2.75) is 27.0 Å². The Balaban J connectivity index is 1.38. The first kappa shape index (κ1) is 28.2. The van der Waals surface area contributed by atoms with Crippen LogP contribution in [0, 0.1) is 13.8 Å². The number of esters is 2. The normalized spacial score (nSPS) is 11.3. The molecule has 206 valence electrons. The minimum Gasteiger partial charge on any atom is -0.497 e. The maximum Gasteiger partial charge on any atom is 0.343 e. The lowest BCUT2D eigenvalue weighted by atomic mass is 10.1. The molecule has 0 aliphatic carbocycles. The van der Waals surface area contributed by atoms with Crippen LogP contribution in [-0.2, 0) is 0 Å². The highest BCUT2D eigenvalue weighted by Gasteiger charge is 2.18. The largest absolute Gasteiger partial charge is 0.497 e. The van der Waals surface area contributed by atoms with Gasteiger partial charge in [-0.1, -0.05) is 0 Å². The van der Waals surface area contributed by atoms with Crippen molar-refractivity contribution in [1.82, 2.24) is 0 Å². The summed E-state index contributed by atoms with van der Waals surface area (Å²) in [6.45, 7) is 5.56. The van der Waals surface area contributed by atoms with Crippen molar-refractivity contribution in [3.63, 3.8) is 0 Å². The van der Waals surface area contributed by atoms with Gasteiger partial charge in [-0.3, -0.25) is 0 Å². The molecule has 0 aliphatic heterocycles. The summed E-state index contributed by atoms with van der Waals surface area (Å²) >= 11 is 0. The van der Waals surface area contributed by atoms with Crippen LogP contribution in [0.15, 0.2) is 85.2 Å². The van der Waals surface area contributed by atoms with Crippen molar-refractivity contribution in [2.24, 2.45) is 0 Å². The fourth-order valence-electron chi connectivity index (χ4n) is 3.93. The highest BCUT2D eigenvalue weighted by Crippen LogP contribution is 2.30. The molecule has 0 spiro atoms. The van der Waals surface area contributed by atoms with Gasteiger partial charge >= 0.3 is 11.9 Å². The first-order chi connectivity index (χ1) is 19.2. The van der Waals surface area contributed by atoms with Gasteiger partial charge in [-0.25, -0.2) is 9.59 Å². The van der Waals surface area contributed by atoms with E-state index in [0.29, 0.717) is 45.3 Å². The van der Waals surface area contributed by atoms with E-state index in [0.717, 1.165) is 5.69 Å². The lowest BCUT2D eigenvalue weighted by Gasteiger charge is -2.14. The van der Waals surface area contributed by atoms with Crippen LogP contribution in [0.25, 0.3) is 0 Å². The molecule has 4 aromatic rings. The molecule has 4 rings (SSSR count). The molecule has 1 aromatic heterocycles. The van der Waals surface area contributed by atoms with E-state index in [-0.39, 0.29) is 6.23 Å². The number of nitrogens with zero attached hydrogens (tertiary/aromatic N) is 2. The SMILES string of the molecule is COc1ccc(C(=O)Oc2ccc(OC(=O)c3ccc(OC(C)[n+]4ccc(N(C)C)cc4)cc3)c(C)c2C)cc1. The number of hydrogen-bond donors (Lipinski definition) is 0. The van der Waals surface area contributed by atoms with Crippen molar-refractivity contribution >= 4 is 17.6 Å². The maximum absolute atomic E-state index is 12.9. The number of hydrogen-bond acceptors (Lipinski definition) is 7. The molecule has 1 atom stereocenters. The summed E-state index contributed by atoms with van der Waals surface area (Å²) in [5, 5.41) is 0.